The van der Waals surface area contributed by atoms with Crippen LogP contribution in [0.3, 0.4) is 0 Å². The number of ether oxygens (including phenoxy) is 1. The standard InChI is InChI=1S/C23H27F3O/c1-3-27-19-12-13-20(21(24)14-19)17-9-5-16(6-10-17)7-11-18-8-4-15(2)22(25)23(18)26/h4,8,12-14,16-17H,3,5-7,9-11H2,1-2H3. The first-order valence-corrected chi connectivity index (χ1v) is 9.85. The summed E-state index contributed by atoms with van der Waals surface area (Å²) in [4.78, 5) is 0. The molecule has 1 fully saturated rings. The zero-order valence-corrected chi connectivity index (χ0v) is 16.0. The Morgan fingerprint density at radius 2 is 1.70 bits per heavy atom. The third-order valence-corrected chi connectivity index (χ3v) is 5.75. The number of benzene rings is 2. The van der Waals surface area contributed by atoms with E-state index in [9.17, 15) is 13.2 Å². The molecule has 1 saturated carbocycles. The molecule has 0 atom stereocenters. The van der Waals surface area contributed by atoms with Gasteiger partial charge in [-0.25, -0.2) is 13.2 Å². The Hall–Kier alpha value is -1.97. The first-order valence-electron chi connectivity index (χ1n) is 9.85. The van der Waals surface area contributed by atoms with Crippen LogP contribution in [0.5, 0.6) is 5.75 Å². The summed E-state index contributed by atoms with van der Waals surface area (Å²) in [5, 5.41) is 0. The fourth-order valence-corrected chi connectivity index (χ4v) is 4.10. The SMILES string of the molecule is CCOc1ccc(C2CCC(CCc3ccc(C)c(F)c3F)CC2)c(F)c1. The van der Waals surface area contributed by atoms with Gasteiger partial charge in [0.25, 0.3) is 0 Å². The van der Waals surface area contributed by atoms with E-state index in [0.717, 1.165) is 37.7 Å². The van der Waals surface area contributed by atoms with Gasteiger partial charge in [0.05, 0.1) is 6.61 Å². The zero-order chi connectivity index (χ0) is 19.4. The topological polar surface area (TPSA) is 9.23 Å². The van der Waals surface area contributed by atoms with Crippen molar-refractivity contribution in [3.63, 3.8) is 0 Å². The molecule has 27 heavy (non-hydrogen) atoms. The molecule has 0 aliphatic heterocycles. The van der Waals surface area contributed by atoms with Gasteiger partial charge in [-0.15, -0.1) is 0 Å². The number of halogens is 3. The molecule has 0 saturated heterocycles. The van der Waals surface area contributed by atoms with Crippen LogP contribution in [0, 0.1) is 30.3 Å². The Labute approximate surface area is 159 Å². The Kier molecular flexibility index (Phi) is 6.46. The van der Waals surface area contributed by atoms with Crippen molar-refractivity contribution < 1.29 is 17.9 Å². The maximum atomic E-state index is 14.4. The van der Waals surface area contributed by atoms with Crippen LogP contribution in [0.25, 0.3) is 0 Å². The van der Waals surface area contributed by atoms with Crippen molar-refractivity contribution in [3.05, 3.63) is 64.5 Å². The summed E-state index contributed by atoms with van der Waals surface area (Å²) in [5.74, 6) is -0.357. The quantitative estimate of drug-likeness (QED) is 0.544. The van der Waals surface area contributed by atoms with Gasteiger partial charge >= 0.3 is 0 Å². The molecule has 0 bridgehead atoms. The molecule has 0 amide bonds. The van der Waals surface area contributed by atoms with E-state index in [1.54, 1.807) is 19.1 Å². The van der Waals surface area contributed by atoms with Gasteiger partial charge in [-0.3, -0.25) is 0 Å². The number of hydrogen-bond acceptors (Lipinski definition) is 1. The van der Waals surface area contributed by atoms with Crippen molar-refractivity contribution >= 4 is 0 Å². The van der Waals surface area contributed by atoms with Gasteiger partial charge in [0, 0.05) is 6.07 Å². The third-order valence-electron chi connectivity index (χ3n) is 5.75. The van der Waals surface area contributed by atoms with Crippen LogP contribution in [0.1, 0.15) is 61.6 Å². The van der Waals surface area contributed by atoms with E-state index < -0.39 is 11.6 Å². The van der Waals surface area contributed by atoms with Crippen molar-refractivity contribution in [2.75, 3.05) is 6.61 Å². The second-order valence-corrected chi connectivity index (χ2v) is 7.54. The average molecular weight is 376 g/mol. The Balaban J connectivity index is 1.54. The lowest BCUT2D eigenvalue weighted by Gasteiger charge is -2.29. The minimum Gasteiger partial charge on any atom is -0.494 e. The van der Waals surface area contributed by atoms with E-state index in [0.29, 0.717) is 35.8 Å². The Morgan fingerprint density at radius 3 is 2.37 bits per heavy atom. The van der Waals surface area contributed by atoms with Gasteiger partial charge < -0.3 is 4.74 Å². The molecule has 2 aromatic rings. The lowest BCUT2D eigenvalue weighted by atomic mass is 9.76. The van der Waals surface area contributed by atoms with Gasteiger partial charge in [0.1, 0.15) is 11.6 Å². The van der Waals surface area contributed by atoms with Crippen LogP contribution in [0.2, 0.25) is 0 Å². The molecular weight excluding hydrogens is 349 g/mol. The summed E-state index contributed by atoms with van der Waals surface area (Å²) >= 11 is 0. The summed E-state index contributed by atoms with van der Waals surface area (Å²) in [6.45, 7) is 3.98. The lowest BCUT2D eigenvalue weighted by Crippen LogP contribution is -2.15. The molecule has 1 aliphatic carbocycles. The van der Waals surface area contributed by atoms with Crippen LogP contribution < -0.4 is 4.74 Å². The largest absolute Gasteiger partial charge is 0.494 e. The predicted molar refractivity (Wildman–Crippen MR) is 102 cm³/mol. The predicted octanol–water partition coefficient (Wildman–Crippen LogP) is 6.72. The molecule has 1 nitrogen and oxygen atoms in total. The molecule has 0 unspecified atom stereocenters. The van der Waals surface area contributed by atoms with E-state index >= 15 is 0 Å². The highest BCUT2D eigenvalue weighted by Gasteiger charge is 2.25. The van der Waals surface area contributed by atoms with Crippen molar-refractivity contribution in [1.82, 2.24) is 0 Å². The van der Waals surface area contributed by atoms with E-state index in [2.05, 4.69) is 0 Å². The molecule has 4 heteroatoms. The number of hydrogen-bond donors (Lipinski definition) is 0. The second kappa shape index (κ2) is 8.81. The van der Waals surface area contributed by atoms with Crippen molar-refractivity contribution in [3.8, 4) is 5.75 Å². The van der Waals surface area contributed by atoms with Crippen LogP contribution in [0.15, 0.2) is 30.3 Å². The van der Waals surface area contributed by atoms with Crippen molar-refractivity contribution in [2.45, 2.75) is 58.3 Å². The van der Waals surface area contributed by atoms with E-state index in [1.807, 2.05) is 19.1 Å². The molecule has 0 N–H and O–H groups in total. The molecular formula is C23H27F3O. The van der Waals surface area contributed by atoms with Crippen LogP contribution in [0.4, 0.5) is 13.2 Å². The first-order chi connectivity index (χ1) is 13.0. The first kappa shape index (κ1) is 19.8. The normalized spacial score (nSPS) is 19.9. The van der Waals surface area contributed by atoms with E-state index in [4.69, 9.17) is 4.74 Å². The molecule has 146 valence electrons. The zero-order valence-electron chi connectivity index (χ0n) is 16.0. The van der Waals surface area contributed by atoms with Crippen LogP contribution in [-0.4, -0.2) is 6.61 Å². The van der Waals surface area contributed by atoms with Crippen LogP contribution in [-0.2, 0) is 6.42 Å². The molecule has 0 aromatic heterocycles. The summed E-state index contributed by atoms with van der Waals surface area (Å²) in [6, 6.07) is 8.48. The van der Waals surface area contributed by atoms with Gasteiger partial charge in [-0.05, 0) is 87.0 Å². The fraction of sp³-hybridized carbons (Fsp3) is 0.478. The molecule has 1 aliphatic rings. The Bertz CT molecular complexity index is 779. The smallest absolute Gasteiger partial charge is 0.162 e. The molecule has 3 rings (SSSR count). The van der Waals surface area contributed by atoms with Crippen molar-refractivity contribution in [2.24, 2.45) is 5.92 Å². The molecule has 2 aromatic carbocycles. The molecule has 0 heterocycles. The molecule has 0 spiro atoms. The average Bonchev–Trinajstić information content (AvgIpc) is 2.67. The number of aryl methyl sites for hydroxylation is 2. The summed E-state index contributed by atoms with van der Waals surface area (Å²) in [7, 11) is 0. The highest BCUT2D eigenvalue weighted by atomic mass is 19.2. The fourth-order valence-electron chi connectivity index (χ4n) is 4.10. The second-order valence-electron chi connectivity index (χ2n) is 7.54. The maximum absolute atomic E-state index is 14.4. The monoisotopic (exact) mass is 376 g/mol. The Morgan fingerprint density at radius 1 is 0.963 bits per heavy atom. The van der Waals surface area contributed by atoms with Crippen molar-refractivity contribution in [1.29, 1.82) is 0 Å². The van der Waals surface area contributed by atoms with Gasteiger partial charge in [0.2, 0.25) is 0 Å². The third kappa shape index (κ3) is 4.66. The van der Waals surface area contributed by atoms with E-state index in [-0.39, 0.29) is 11.7 Å². The highest BCUT2D eigenvalue weighted by Crippen LogP contribution is 2.39. The van der Waals surface area contributed by atoms with E-state index in [1.165, 1.54) is 6.07 Å². The summed E-state index contributed by atoms with van der Waals surface area (Å²) < 4.78 is 47.4. The maximum Gasteiger partial charge on any atom is 0.162 e. The van der Waals surface area contributed by atoms with Crippen LogP contribution >= 0.6 is 0 Å². The number of rotatable bonds is 6. The minimum absolute atomic E-state index is 0.193. The van der Waals surface area contributed by atoms with Gasteiger partial charge in [-0.2, -0.15) is 0 Å². The highest BCUT2D eigenvalue weighted by molar-refractivity contribution is 5.31. The lowest BCUT2D eigenvalue weighted by molar-refractivity contribution is 0.304. The summed E-state index contributed by atoms with van der Waals surface area (Å²) in [6.07, 6.45) is 5.24. The molecule has 0 radical (unpaired) electrons. The van der Waals surface area contributed by atoms with Gasteiger partial charge in [-0.1, -0.05) is 18.2 Å². The van der Waals surface area contributed by atoms with Gasteiger partial charge in [0.15, 0.2) is 11.6 Å². The minimum atomic E-state index is -0.734. The summed E-state index contributed by atoms with van der Waals surface area (Å²) in [5.41, 5.74) is 1.57.